The van der Waals surface area contributed by atoms with E-state index in [2.05, 4.69) is 54.9 Å². The largest absolute Gasteiger partial charge is 0.339 e. The highest BCUT2D eigenvalue weighted by atomic mass is 32.2. The summed E-state index contributed by atoms with van der Waals surface area (Å²) in [6.45, 7) is 7.29. The van der Waals surface area contributed by atoms with Crippen LogP contribution in [-0.4, -0.2) is 43.7 Å². The van der Waals surface area contributed by atoms with Gasteiger partial charge >= 0.3 is 0 Å². The molecule has 29 heavy (non-hydrogen) atoms. The lowest BCUT2D eigenvalue weighted by molar-refractivity contribution is -0.132. The summed E-state index contributed by atoms with van der Waals surface area (Å²) in [5.74, 6) is 0.645. The van der Waals surface area contributed by atoms with Gasteiger partial charge in [-0.15, -0.1) is 0 Å². The Labute approximate surface area is 176 Å². The second-order valence-electron chi connectivity index (χ2n) is 7.82. The van der Waals surface area contributed by atoms with E-state index in [9.17, 15) is 4.79 Å². The molecular formula is C23H28N4OS. The average Bonchev–Trinajstić information content (AvgIpc) is 3.19. The first-order chi connectivity index (χ1) is 14.1. The Kier molecular flexibility index (Phi) is 5.90. The van der Waals surface area contributed by atoms with Gasteiger partial charge in [-0.1, -0.05) is 30.8 Å². The second-order valence-corrected chi connectivity index (χ2v) is 8.79. The van der Waals surface area contributed by atoms with E-state index in [0.29, 0.717) is 11.8 Å². The fourth-order valence-corrected chi connectivity index (χ4v) is 4.88. The molecule has 2 aromatic heterocycles. The van der Waals surface area contributed by atoms with Crippen molar-refractivity contribution < 1.29 is 4.79 Å². The molecule has 1 aliphatic rings. The van der Waals surface area contributed by atoms with Crippen LogP contribution < -0.4 is 0 Å². The summed E-state index contributed by atoms with van der Waals surface area (Å²) in [6, 6.07) is 8.87. The summed E-state index contributed by atoms with van der Waals surface area (Å²) in [5.41, 5.74) is 5.51. The topological polar surface area (TPSA) is 50.5 Å². The average molecular weight is 409 g/mol. The van der Waals surface area contributed by atoms with Crippen molar-refractivity contribution in [1.82, 2.24) is 19.5 Å². The van der Waals surface area contributed by atoms with E-state index >= 15 is 0 Å². The highest BCUT2D eigenvalue weighted by molar-refractivity contribution is 8.00. The third-order valence-corrected chi connectivity index (χ3v) is 6.89. The lowest BCUT2D eigenvalue weighted by atomic mass is 10.0. The van der Waals surface area contributed by atoms with Gasteiger partial charge in [-0.3, -0.25) is 4.79 Å². The van der Waals surface area contributed by atoms with Crippen molar-refractivity contribution in [3.63, 3.8) is 0 Å². The van der Waals surface area contributed by atoms with Crippen LogP contribution >= 0.6 is 11.8 Å². The van der Waals surface area contributed by atoms with E-state index in [-0.39, 0.29) is 5.91 Å². The number of carbonyl (C=O) groups is 1. The number of nitrogens with zero attached hydrogens (tertiary/aromatic N) is 4. The molecular weight excluding hydrogens is 380 g/mol. The Bertz CT molecular complexity index is 1030. The summed E-state index contributed by atoms with van der Waals surface area (Å²) >= 11 is 1.52. The summed E-state index contributed by atoms with van der Waals surface area (Å²) in [4.78, 5) is 19.4. The molecule has 0 N–H and O–H groups in total. The van der Waals surface area contributed by atoms with Gasteiger partial charge in [0.2, 0.25) is 5.91 Å². The lowest BCUT2D eigenvalue weighted by Crippen LogP contribution is -2.44. The van der Waals surface area contributed by atoms with Gasteiger partial charge in [-0.05, 0) is 62.8 Å². The molecule has 1 atom stereocenters. The molecule has 3 aromatic rings. The van der Waals surface area contributed by atoms with Crippen LogP contribution in [-0.2, 0) is 4.79 Å². The van der Waals surface area contributed by atoms with Crippen LogP contribution in [0, 0.1) is 13.8 Å². The number of carbonyl (C=O) groups excluding carboxylic acids is 1. The van der Waals surface area contributed by atoms with Crippen LogP contribution in [0.25, 0.3) is 16.8 Å². The number of hydrogen-bond donors (Lipinski definition) is 0. The molecule has 3 heterocycles. The zero-order chi connectivity index (χ0) is 20.4. The normalized spacial score (nSPS) is 17.1. The second kappa shape index (κ2) is 8.57. The van der Waals surface area contributed by atoms with Crippen molar-refractivity contribution in [2.45, 2.75) is 57.5 Å². The first-order valence-corrected chi connectivity index (χ1v) is 11.4. The van der Waals surface area contributed by atoms with Gasteiger partial charge in [0.1, 0.15) is 5.03 Å². The van der Waals surface area contributed by atoms with Crippen LogP contribution in [0.3, 0.4) is 0 Å². The number of benzene rings is 1. The maximum atomic E-state index is 12.8. The Morgan fingerprint density at radius 1 is 1.21 bits per heavy atom. The van der Waals surface area contributed by atoms with Crippen molar-refractivity contribution in [3.8, 4) is 11.3 Å². The summed E-state index contributed by atoms with van der Waals surface area (Å²) < 4.78 is 1.86. The Morgan fingerprint density at radius 3 is 2.86 bits per heavy atom. The Morgan fingerprint density at radius 2 is 2.07 bits per heavy atom. The predicted octanol–water partition coefficient (Wildman–Crippen LogP) is 4.90. The third-order valence-electron chi connectivity index (χ3n) is 5.91. The van der Waals surface area contributed by atoms with Crippen LogP contribution in [0.1, 0.15) is 43.7 Å². The minimum absolute atomic E-state index is 0.222. The van der Waals surface area contributed by atoms with Gasteiger partial charge in [0.05, 0.1) is 17.0 Å². The molecule has 0 aliphatic carbocycles. The fraction of sp³-hybridized carbons (Fsp3) is 0.435. The van der Waals surface area contributed by atoms with E-state index < -0.39 is 0 Å². The number of rotatable bonds is 5. The number of thioether (sulfide) groups is 1. The molecule has 6 heteroatoms. The molecule has 0 bridgehead atoms. The summed E-state index contributed by atoms with van der Waals surface area (Å²) in [6.07, 6.45) is 8.13. The molecule has 1 aromatic carbocycles. The Hall–Kier alpha value is -2.34. The zero-order valence-corrected chi connectivity index (χ0v) is 18.2. The number of piperidine rings is 1. The molecule has 0 radical (unpaired) electrons. The van der Waals surface area contributed by atoms with Gasteiger partial charge in [0.15, 0.2) is 0 Å². The summed E-state index contributed by atoms with van der Waals surface area (Å²) in [5, 5.41) is 5.58. The number of aromatic nitrogens is 3. The lowest BCUT2D eigenvalue weighted by Gasteiger charge is -2.35. The maximum Gasteiger partial charge on any atom is 0.233 e. The maximum absolute atomic E-state index is 12.8. The minimum Gasteiger partial charge on any atom is -0.339 e. The SMILES string of the molecule is CCC1CCCCN1C(=O)CSc1nccn2nc(-c3ccc(C)c(C)c3)cc12. The van der Waals surface area contributed by atoms with Gasteiger partial charge in [0, 0.05) is 30.5 Å². The van der Waals surface area contributed by atoms with E-state index in [1.807, 2.05) is 10.7 Å². The highest BCUT2D eigenvalue weighted by Gasteiger charge is 2.25. The fourth-order valence-electron chi connectivity index (χ4n) is 4.02. The molecule has 1 unspecified atom stereocenters. The molecule has 1 saturated heterocycles. The molecule has 4 rings (SSSR count). The molecule has 0 spiro atoms. The molecule has 0 saturated carbocycles. The monoisotopic (exact) mass is 408 g/mol. The van der Waals surface area contributed by atoms with Crippen molar-refractivity contribution in [1.29, 1.82) is 0 Å². The number of aryl methyl sites for hydroxylation is 2. The van der Waals surface area contributed by atoms with E-state index in [0.717, 1.165) is 47.6 Å². The first-order valence-electron chi connectivity index (χ1n) is 10.4. The molecule has 5 nitrogen and oxygen atoms in total. The standard InChI is InChI=1S/C23H28N4OS/c1-4-19-7-5-6-11-26(19)22(28)15-29-23-21-14-20(25-27(21)12-10-24-23)18-9-8-16(2)17(3)13-18/h8-10,12-14,19H,4-7,11,15H2,1-3H3. The summed E-state index contributed by atoms with van der Waals surface area (Å²) in [7, 11) is 0. The van der Waals surface area contributed by atoms with Crippen LogP contribution in [0.2, 0.25) is 0 Å². The quantitative estimate of drug-likeness (QED) is 0.564. The molecule has 152 valence electrons. The first kappa shape index (κ1) is 20.0. The zero-order valence-electron chi connectivity index (χ0n) is 17.4. The van der Waals surface area contributed by atoms with Crippen molar-refractivity contribution in [2.75, 3.05) is 12.3 Å². The van der Waals surface area contributed by atoms with Crippen molar-refractivity contribution >= 4 is 23.2 Å². The van der Waals surface area contributed by atoms with Crippen LogP contribution in [0.15, 0.2) is 41.7 Å². The van der Waals surface area contributed by atoms with Gasteiger partial charge < -0.3 is 4.90 Å². The number of amides is 1. The van der Waals surface area contributed by atoms with Crippen molar-refractivity contribution in [2.24, 2.45) is 0 Å². The third kappa shape index (κ3) is 4.17. The predicted molar refractivity (Wildman–Crippen MR) is 118 cm³/mol. The Balaban J connectivity index is 1.54. The minimum atomic E-state index is 0.222. The van der Waals surface area contributed by atoms with E-state index in [1.165, 1.54) is 29.3 Å². The van der Waals surface area contributed by atoms with E-state index in [4.69, 9.17) is 5.10 Å². The number of fused-ring (bicyclic) bond motifs is 1. The van der Waals surface area contributed by atoms with Gasteiger partial charge in [-0.25, -0.2) is 9.50 Å². The number of hydrogen-bond acceptors (Lipinski definition) is 4. The molecule has 1 aliphatic heterocycles. The molecule has 1 amide bonds. The van der Waals surface area contributed by atoms with Gasteiger partial charge in [-0.2, -0.15) is 5.10 Å². The smallest absolute Gasteiger partial charge is 0.233 e. The van der Waals surface area contributed by atoms with Crippen LogP contribution in [0.5, 0.6) is 0 Å². The van der Waals surface area contributed by atoms with Gasteiger partial charge in [0.25, 0.3) is 0 Å². The van der Waals surface area contributed by atoms with Crippen molar-refractivity contribution in [3.05, 3.63) is 47.8 Å². The van der Waals surface area contributed by atoms with Crippen LogP contribution in [0.4, 0.5) is 0 Å². The molecule has 1 fully saturated rings. The van der Waals surface area contributed by atoms with E-state index in [1.54, 1.807) is 6.20 Å². The highest BCUT2D eigenvalue weighted by Crippen LogP contribution is 2.28. The number of likely N-dealkylation sites (tertiary alicyclic amines) is 1.